The number of hydrogen-bond donors (Lipinski definition) is 1. The zero-order chi connectivity index (χ0) is 14.7. The van der Waals surface area contributed by atoms with Gasteiger partial charge in [0.15, 0.2) is 0 Å². The summed E-state index contributed by atoms with van der Waals surface area (Å²) in [6.07, 6.45) is 1.31. The van der Waals surface area contributed by atoms with Crippen molar-refractivity contribution >= 4 is 5.91 Å². The van der Waals surface area contributed by atoms with Gasteiger partial charge in [-0.2, -0.15) is 0 Å². The van der Waals surface area contributed by atoms with E-state index in [4.69, 9.17) is 15.2 Å². The van der Waals surface area contributed by atoms with Gasteiger partial charge in [-0.25, -0.2) is 0 Å². The van der Waals surface area contributed by atoms with Crippen molar-refractivity contribution in [1.29, 1.82) is 0 Å². The first-order valence-electron chi connectivity index (χ1n) is 7.58. The molecular formula is C16H22N2O3. The number of carbonyl (C=O) groups is 1. The van der Waals surface area contributed by atoms with Crippen LogP contribution >= 0.6 is 0 Å². The molecule has 2 fully saturated rings. The molecular weight excluding hydrogens is 268 g/mol. The normalized spacial score (nSPS) is 29.6. The molecule has 2 saturated heterocycles. The van der Waals surface area contributed by atoms with Crippen molar-refractivity contribution in [1.82, 2.24) is 4.90 Å². The first-order chi connectivity index (χ1) is 10.3. The van der Waals surface area contributed by atoms with Crippen LogP contribution in [0.4, 0.5) is 0 Å². The highest BCUT2D eigenvalue weighted by Gasteiger charge is 2.37. The second-order valence-corrected chi connectivity index (χ2v) is 5.59. The van der Waals surface area contributed by atoms with Gasteiger partial charge in [-0.15, -0.1) is 0 Å². The first kappa shape index (κ1) is 14.5. The summed E-state index contributed by atoms with van der Waals surface area (Å²) < 4.78 is 11.3. The number of morpholine rings is 1. The van der Waals surface area contributed by atoms with Crippen molar-refractivity contribution < 1.29 is 14.3 Å². The Labute approximate surface area is 125 Å². The molecule has 0 saturated carbocycles. The summed E-state index contributed by atoms with van der Waals surface area (Å²) >= 11 is 0. The van der Waals surface area contributed by atoms with Crippen LogP contribution in [0.1, 0.15) is 24.4 Å². The van der Waals surface area contributed by atoms with Crippen molar-refractivity contribution in [2.24, 2.45) is 5.73 Å². The van der Waals surface area contributed by atoms with Gasteiger partial charge in [-0.05, 0) is 18.4 Å². The van der Waals surface area contributed by atoms with Gasteiger partial charge in [0.1, 0.15) is 6.10 Å². The molecule has 5 nitrogen and oxygen atoms in total. The molecule has 1 amide bonds. The maximum Gasteiger partial charge on any atom is 0.252 e. The fraction of sp³-hybridized carbons (Fsp3) is 0.562. The number of amides is 1. The van der Waals surface area contributed by atoms with Gasteiger partial charge in [-0.1, -0.05) is 30.3 Å². The number of carbonyl (C=O) groups excluding carboxylic acids is 1. The minimum Gasteiger partial charge on any atom is -0.377 e. The van der Waals surface area contributed by atoms with E-state index < -0.39 is 0 Å². The number of nitrogens with two attached hydrogens (primary N) is 1. The summed E-state index contributed by atoms with van der Waals surface area (Å²) in [4.78, 5) is 14.7. The lowest BCUT2D eigenvalue weighted by atomic mass is 10.0. The van der Waals surface area contributed by atoms with E-state index in [1.165, 1.54) is 0 Å². The number of nitrogens with zero attached hydrogens (tertiary/aromatic N) is 1. The fourth-order valence-corrected chi connectivity index (χ4v) is 3.06. The average molecular weight is 290 g/mol. The second kappa shape index (κ2) is 6.56. The SMILES string of the molecule is NC[C@H]1CC[C@@H](C(=O)N2CCOCC2c2ccccc2)O1. The van der Waals surface area contributed by atoms with Crippen LogP contribution in [0.3, 0.4) is 0 Å². The molecule has 3 rings (SSSR count). The molecule has 0 bridgehead atoms. The molecule has 2 aliphatic rings. The molecule has 0 aromatic heterocycles. The molecule has 0 spiro atoms. The molecule has 2 aliphatic heterocycles. The molecule has 21 heavy (non-hydrogen) atoms. The van der Waals surface area contributed by atoms with Gasteiger partial charge in [0.05, 0.1) is 25.4 Å². The van der Waals surface area contributed by atoms with Crippen molar-refractivity contribution in [3.05, 3.63) is 35.9 Å². The average Bonchev–Trinajstić information content (AvgIpc) is 3.04. The largest absolute Gasteiger partial charge is 0.377 e. The van der Waals surface area contributed by atoms with Crippen LogP contribution < -0.4 is 5.73 Å². The Hall–Kier alpha value is -1.43. The highest BCUT2D eigenvalue weighted by atomic mass is 16.5. The van der Waals surface area contributed by atoms with Gasteiger partial charge in [0.2, 0.25) is 0 Å². The number of benzene rings is 1. The zero-order valence-corrected chi connectivity index (χ0v) is 12.1. The Morgan fingerprint density at radius 2 is 2.10 bits per heavy atom. The highest BCUT2D eigenvalue weighted by molar-refractivity contribution is 5.81. The van der Waals surface area contributed by atoms with Crippen LogP contribution in [0.5, 0.6) is 0 Å². The predicted molar refractivity (Wildman–Crippen MR) is 78.7 cm³/mol. The van der Waals surface area contributed by atoms with Crippen LogP contribution in [0, 0.1) is 0 Å². The third-order valence-electron chi connectivity index (χ3n) is 4.24. The maximum absolute atomic E-state index is 12.8. The lowest BCUT2D eigenvalue weighted by Crippen LogP contribution is -2.47. The zero-order valence-electron chi connectivity index (χ0n) is 12.1. The number of ether oxygens (including phenoxy) is 2. The van der Waals surface area contributed by atoms with E-state index in [-0.39, 0.29) is 24.2 Å². The van der Waals surface area contributed by atoms with Crippen LogP contribution in [-0.4, -0.2) is 49.3 Å². The Bertz CT molecular complexity index is 480. The first-order valence-corrected chi connectivity index (χ1v) is 7.58. The van der Waals surface area contributed by atoms with Crippen molar-refractivity contribution in [2.45, 2.75) is 31.1 Å². The molecule has 2 N–H and O–H groups in total. The third kappa shape index (κ3) is 3.10. The molecule has 0 aliphatic carbocycles. The number of rotatable bonds is 3. The topological polar surface area (TPSA) is 64.8 Å². The Morgan fingerprint density at radius 3 is 2.81 bits per heavy atom. The van der Waals surface area contributed by atoms with E-state index in [0.29, 0.717) is 26.3 Å². The summed E-state index contributed by atoms with van der Waals surface area (Å²) in [5.74, 6) is 0.0723. The van der Waals surface area contributed by atoms with Gasteiger partial charge >= 0.3 is 0 Å². The van der Waals surface area contributed by atoms with Crippen LogP contribution in [0.25, 0.3) is 0 Å². The molecule has 1 aromatic rings. The lowest BCUT2D eigenvalue weighted by molar-refractivity contribution is -0.151. The Morgan fingerprint density at radius 1 is 1.29 bits per heavy atom. The molecule has 2 heterocycles. The molecule has 1 aromatic carbocycles. The summed E-state index contributed by atoms with van der Waals surface area (Å²) in [5, 5.41) is 0. The Balaban J connectivity index is 1.74. The summed E-state index contributed by atoms with van der Waals surface area (Å²) in [6.45, 7) is 2.23. The molecule has 5 heteroatoms. The minimum atomic E-state index is -0.345. The van der Waals surface area contributed by atoms with E-state index in [1.807, 2.05) is 35.2 Å². The number of hydrogen-bond acceptors (Lipinski definition) is 4. The second-order valence-electron chi connectivity index (χ2n) is 5.59. The van der Waals surface area contributed by atoms with Crippen molar-refractivity contribution in [3.63, 3.8) is 0 Å². The quantitative estimate of drug-likeness (QED) is 0.905. The van der Waals surface area contributed by atoms with Crippen molar-refractivity contribution in [2.75, 3.05) is 26.3 Å². The maximum atomic E-state index is 12.8. The third-order valence-corrected chi connectivity index (χ3v) is 4.24. The van der Waals surface area contributed by atoms with E-state index in [0.717, 1.165) is 18.4 Å². The monoisotopic (exact) mass is 290 g/mol. The molecule has 114 valence electrons. The predicted octanol–water partition coefficient (Wildman–Crippen LogP) is 1.09. The summed E-state index contributed by atoms with van der Waals surface area (Å²) in [7, 11) is 0. The smallest absolute Gasteiger partial charge is 0.252 e. The molecule has 0 radical (unpaired) electrons. The van der Waals surface area contributed by atoms with E-state index >= 15 is 0 Å². The molecule has 1 unspecified atom stereocenters. The molecule has 3 atom stereocenters. The van der Waals surface area contributed by atoms with Gasteiger partial charge in [-0.3, -0.25) is 4.79 Å². The van der Waals surface area contributed by atoms with Crippen LogP contribution in [0.15, 0.2) is 30.3 Å². The minimum absolute atomic E-state index is 0.0204. The van der Waals surface area contributed by atoms with E-state index in [1.54, 1.807) is 0 Å². The van der Waals surface area contributed by atoms with E-state index in [2.05, 4.69) is 0 Å². The standard InChI is InChI=1S/C16H22N2O3/c17-10-13-6-7-15(21-13)16(19)18-8-9-20-11-14(18)12-4-2-1-3-5-12/h1-5,13-15H,6-11,17H2/t13-,14?,15+/m1/s1. The van der Waals surface area contributed by atoms with Crippen LogP contribution in [0.2, 0.25) is 0 Å². The summed E-state index contributed by atoms with van der Waals surface area (Å²) in [5.41, 5.74) is 6.73. The van der Waals surface area contributed by atoms with Gasteiger partial charge in [0, 0.05) is 13.1 Å². The highest BCUT2D eigenvalue weighted by Crippen LogP contribution is 2.28. The summed E-state index contributed by atoms with van der Waals surface area (Å²) in [6, 6.07) is 10.0. The van der Waals surface area contributed by atoms with E-state index in [9.17, 15) is 4.79 Å². The Kier molecular flexibility index (Phi) is 4.53. The van der Waals surface area contributed by atoms with Crippen LogP contribution in [-0.2, 0) is 14.3 Å². The lowest BCUT2D eigenvalue weighted by Gasteiger charge is -2.37. The van der Waals surface area contributed by atoms with Crippen molar-refractivity contribution in [3.8, 4) is 0 Å². The van der Waals surface area contributed by atoms with Gasteiger partial charge in [0.25, 0.3) is 5.91 Å². The fourth-order valence-electron chi connectivity index (χ4n) is 3.06. The van der Waals surface area contributed by atoms with Gasteiger partial charge < -0.3 is 20.1 Å².